The van der Waals surface area contributed by atoms with Gasteiger partial charge in [-0.2, -0.15) is 0 Å². The van der Waals surface area contributed by atoms with Crippen LogP contribution in [-0.2, 0) is 27.1 Å². The van der Waals surface area contributed by atoms with E-state index in [9.17, 15) is 9.59 Å². The summed E-state index contributed by atoms with van der Waals surface area (Å²) < 4.78 is 23.2. The Morgan fingerprint density at radius 1 is 0.900 bits per heavy atom. The minimum atomic E-state index is -0.737. The van der Waals surface area contributed by atoms with Crippen LogP contribution in [0.2, 0.25) is 10.0 Å². The molecule has 3 aliphatic rings. The van der Waals surface area contributed by atoms with Crippen LogP contribution in [0.5, 0.6) is 11.5 Å². The second-order valence-electron chi connectivity index (χ2n) is 12.7. The SMILES string of the molecule is COc1ccc([C@H](Cc2c(Cl)c[nH+]cc2Cl)OC(=O)c2cccc(CCNC(C(=O)O[C@H]3CN4CCC3CC4)c3ccccc3)c2)cc1OC. The van der Waals surface area contributed by atoms with Crippen LogP contribution in [0.25, 0.3) is 0 Å². The number of pyridine rings is 1. The maximum atomic E-state index is 13.7. The first-order valence-corrected chi connectivity index (χ1v) is 17.7. The molecule has 2 bridgehead atoms. The van der Waals surface area contributed by atoms with Gasteiger partial charge in [-0.15, -0.1) is 0 Å². The van der Waals surface area contributed by atoms with Crippen molar-refractivity contribution in [3.63, 3.8) is 0 Å². The van der Waals surface area contributed by atoms with Crippen LogP contribution in [0.4, 0.5) is 0 Å². The highest BCUT2D eigenvalue weighted by molar-refractivity contribution is 6.35. The molecule has 0 spiro atoms. The second-order valence-corrected chi connectivity index (χ2v) is 13.5. The Kier molecular flexibility index (Phi) is 11.9. The molecule has 1 aromatic heterocycles. The quantitative estimate of drug-likeness (QED) is 0.148. The van der Waals surface area contributed by atoms with Gasteiger partial charge in [0.25, 0.3) is 0 Å². The number of aromatic amines is 1. The molecule has 262 valence electrons. The first kappa shape index (κ1) is 35.7. The van der Waals surface area contributed by atoms with Gasteiger partial charge in [-0.05, 0) is 79.2 Å². The van der Waals surface area contributed by atoms with Crippen molar-refractivity contribution in [2.75, 3.05) is 40.4 Å². The molecule has 2 N–H and O–H groups in total. The molecule has 9 nitrogen and oxygen atoms in total. The van der Waals surface area contributed by atoms with E-state index < -0.39 is 18.1 Å². The number of nitrogens with zero attached hydrogens (tertiary/aromatic N) is 1. The highest BCUT2D eigenvalue weighted by Gasteiger charge is 2.38. The van der Waals surface area contributed by atoms with Crippen LogP contribution in [0, 0.1) is 5.92 Å². The largest absolute Gasteiger partial charge is 0.493 e. The van der Waals surface area contributed by atoms with E-state index in [1.807, 2.05) is 54.6 Å². The summed E-state index contributed by atoms with van der Waals surface area (Å²) >= 11 is 13.0. The van der Waals surface area contributed by atoms with E-state index in [4.69, 9.17) is 42.1 Å². The molecule has 0 aliphatic carbocycles. The van der Waals surface area contributed by atoms with Crippen LogP contribution in [0.15, 0.2) is 85.2 Å². The number of benzene rings is 3. The Morgan fingerprint density at radius 3 is 2.32 bits per heavy atom. The summed E-state index contributed by atoms with van der Waals surface area (Å²) in [6, 6.07) is 21.7. The number of ether oxygens (including phenoxy) is 4. The van der Waals surface area contributed by atoms with Gasteiger partial charge in [0.2, 0.25) is 0 Å². The van der Waals surface area contributed by atoms with Crippen molar-refractivity contribution in [2.45, 2.75) is 43.9 Å². The van der Waals surface area contributed by atoms with Crippen LogP contribution >= 0.6 is 23.2 Å². The molecule has 4 heterocycles. The maximum Gasteiger partial charge on any atom is 0.338 e. The molecule has 50 heavy (non-hydrogen) atoms. The third-order valence-corrected chi connectivity index (χ3v) is 10.2. The Labute approximate surface area is 302 Å². The zero-order valence-corrected chi connectivity index (χ0v) is 29.7. The normalized spacial score (nSPS) is 19.3. The number of fused-ring (bicyclic) bond motifs is 3. The van der Waals surface area contributed by atoms with Gasteiger partial charge in [-0.1, -0.05) is 71.7 Å². The third kappa shape index (κ3) is 8.58. The summed E-state index contributed by atoms with van der Waals surface area (Å²) in [7, 11) is 3.11. The topological polar surface area (TPSA) is 100 Å². The molecule has 1 unspecified atom stereocenters. The zero-order chi connectivity index (χ0) is 35.0. The molecule has 3 aliphatic heterocycles. The average molecular weight is 720 g/mol. The maximum absolute atomic E-state index is 13.7. The first-order valence-electron chi connectivity index (χ1n) is 16.9. The number of aromatic nitrogens is 1. The van der Waals surface area contributed by atoms with Crippen LogP contribution in [-0.4, -0.2) is 63.3 Å². The number of carbonyl (C=O) groups excluding carboxylic acids is 2. The van der Waals surface area contributed by atoms with Crippen molar-refractivity contribution < 1.29 is 33.5 Å². The van der Waals surface area contributed by atoms with Gasteiger partial charge in [0, 0.05) is 25.1 Å². The number of piperidine rings is 3. The van der Waals surface area contributed by atoms with Crippen LogP contribution in [0.1, 0.15) is 57.6 Å². The van der Waals surface area contributed by atoms with Gasteiger partial charge in [0.1, 0.15) is 28.3 Å². The molecule has 0 saturated carbocycles. The van der Waals surface area contributed by atoms with E-state index in [1.165, 1.54) is 0 Å². The molecule has 3 saturated heterocycles. The van der Waals surface area contributed by atoms with Gasteiger partial charge in [0.15, 0.2) is 23.9 Å². The van der Waals surface area contributed by atoms with Gasteiger partial charge < -0.3 is 24.3 Å². The first-order chi connectivity index (χ1) is 24.3. The number of rotatable bonds is 14. The van der Waals surface area contributed by atoms with E-state index in [0.717, 1.165) is 43.6 Å². The molecular weight excluding hydrogens is 677 g/mol. The zero-order valence-electron chi connectivity index (χ0n) is 28.2. The fourth-order valence-electron chi connectivity index (χ4n) is 6.79. The minimum absolute atomic E-state index is 0.0733. The molecule has 4 aromatic rings. The molecule has 11 heteroatoms. The Bertz CT molecular complexity index is 1760. The predicted molar refractivity (Wildman–Crippen MR) is 191 cm³/mol. The third-order valence-electron chi connectivity index (χ3n) is 9.57. The highest BCUT2D eigenvalue weighted by atomic mass is 35.5. The standard InChI is InChI=1S/C39H41Cl2N3O6/c1-47-33-12-11-28(20-35(33)48-2)34(21-30-31(40)22-42-23-32(30)41)49-38(45)29-10-6-7-25(19-29)13-16-43-37(27-8-4-3-5-9-27)39(46)50-36-24-44-17-14-26(36)15-18-44/h3-12,19-20,22-23,26,34,36-37,43H,13-18,21,24H2,1-2H3/p+1/t34-,36-,37?/m0/s1. The molecule has 3 atom stereocenters. The van der Waals surface area contributed by atoms with Crippen molar-refractivity contribution in [2.24, 2.45) is 5.92 Å². The fourth-order valence-corrected chi connectivity index (χ4v) is 7.33. The van der Waals surface area contributed by atoms with Gasteiger partial charge in [-0.3, -0.25) is 4.90 Å². The van der Waals surface area contributed by atoms with Crippen molar-refractivity contribution >= 4 is 35.1 Å². The lowest BCUT2D eigenvalue weighted by atomic mass is 9.86. The summed E-state index contributed by atoms with van der Waals surface area (Å²) in [5.74, 6) is 0.715. The smallest absolute Gasteiger partial charge is 0.338 e. The number of hydrogen-bond donors (Lipinski definition) is 1. The van der Waals surface area contributed by atoms with E-state index in [0.29, 0.717) is 57.1 Å². The number of nitrogens with one attached hydrogen (secondary N) is 2. The summed E-state index contributed by atoms with van der Waals surface area (Å²) in [6.07, 6.45) is 5.40. The molecule has 7 rings (SSSR count). The summed E-state index contributed by atoms with van der Waals surface area (Å²) in [5, 5.41) is 4.28. The minimum Gasteiger partial charge on any atom is -0.493 e. The van der Waals surface area contributed by atoms with E-state index in [2.05, 4.69) is 15.2 Å². The van der Waals surface area contributed by atoms with E-state index >= 15 is 0 Å². The Hall–Kier alpha value is -4.15. The molecule has 0 radical (unpaired) electrons. The Balaban J connectivity index is 1.15. The van der Waals surface area contributed by atoms with Gasteiger partial charge >= 0.3 is 11.9 Å². The fraction of sp³-hybridized carbons (Fsp3) is 0.359. The van der Waals surface area contributed by atoms with Crippen molar-refractivity contribution in [1.82, 2.24) is 10.2 Å². The molecule has 3 aromatic carbocycles. The highest BCUT2D eigenvalue weighted by Crippen LogP contribution is 2.36. The summed E-state index contributed by atoms with van der Waals surface area (Å²) in [6.45, 7) is 3.45. The predicted octanol–water partition coefficient (Wildman–Crippen LogP) is 6.48. The second kappa shape index (κ2) is 16.7. The lowest BCUT2D eigenvalue weighted by molar-refractivity contribution is -0.377. The number of hydrogen-bond acceptors (Lipinski definition) is 8. The van der Waals surface area contributed by atoms with E-state index in [1.54, 1.807) is 44.8 Å². The van der Waals surface area contributed by atoms with Crippen molar-refractivity contribution in [3.8, 4) is 11.5 Å². The van der Waals surface area contributed by atoms with Crippen LogP contribution < -0.4 is 19.8 Å². The van der Waals surface area contributed by atoms with Gasteiger partial charge in [0.05, 0.1) is 19.8 Å². The number of carbonyl (C=O) groups is 2. The van der Waals surface area contributed by atoms with Gasteiger partial charge in [-0.25, -0.2) is 14.6 Å². The average Bonchev–Trinajstić information content (AvgIpc) is 3.15. The number of halogens is 2. The Morgan fingerprint density at radius 2 is 1.64 bits per heavy atom. The lowest BCUT2D eigenvalue weighted by Gasteiger charge is -2.44. The van der Waals surface area contributed by atoms with E-state index in [-0.39, 0.29) is 18.5 Å². The summed E-state index contributed by atoms with van der Waals surface area (Å²) in [4.78, 5) is 32.5. The number of methoxy groups -OCH3 is 2. The number of H-pyrrole nitrogens is 1. The molecular formula is C39H42Cl2N3O6+. The summed E-state index contributed by atoms with van der Waals surface area (Å²) in [5.41, 5.74) is 3.49. The van der Waals surface area contributed by atoms with Crippen molar-refractivity contribution in [1.29, 1.82) is 0 Å². The molecule has 0 amide bonds. The monoisotopic (exact) mass is 718 g/mol. The van der Waals surface area contributed by atoms with Crippen LogP contribution in [0.3, 0.4) is 0 Å². The number of esters is 2. The lowest BCUT2D eigenvalue weighted by Crippen LogP contribution is -2.52. The molecule has 3 fully saturated rings. The van der Waals surface area contributed by atoms with Crippen molar-refractivity contribution in [3.05, 3.63) is 123 Å².